The van der Waals surface area contributed by atoms with Gasteiger partial charge in [0.2, 0.25) is 0 Å². The van der Waals surface area contributed by atoms with Crippen molar-refractivity contribution in [2.45, 2.75) is 25.7 Å². The molecule has 1 fully saturated rings. The van der Waals surface area contributed by atoms with Crippen LogP contribution in [0.25, 0.3) is 16.9 Å². The van der Waals surface area contributed by atoms with E-state index in [1.807, 2.05) is 54.6 Å². The van der Waals surface area contributed by atoms with Crippen molar-refractivity contribution < 1.29 is 14.3 Å². The van der Waals surface area contributed by atoms with Crippen LogP contribution in [0.15, 0.2) is 60.8 Å². The molecular weight excluding hydrogens is 456 g/mol. The third kappa shape index (κ3) is 4.14. The van der Waals surface area contributed by atoms with Crippen LogP contribution in [0.4, 0.5) is 0 Å². The molecule has 9 nitrogen and oxygen atoms in total. The zero-order valence-corrected chi connectivity index (χ0v) is 19.8. The van der Waals surface area contributed by atoms with Gasteiger partial charge >= 0.3 is 0 Å². The average Bonchev–Trinajstić information content (AvgIpc) is 3.44. The van der Waals surface area contributed by atoms with E-state index in [1.54, 1.807) is 18.0 Å². The lowest BCUT2D eigenvalue weighted by Gasteiger charge is -2.30. The molecule has 2 amide bonds. The number of likely N-dealkylation sites (tertiary alicyclic amines) is 1. The minimum absolute atomic E-state index is 0.133. The first-order chi connectivity index (χ1) is 17.5. The van der Waals surface area contributed by atoms with Gasteiger partial charge in [-0.2, -0.15) is 5.10 Å². The van der Waals surface area contributed by atoms with Gasteiger partial charge < -0.3 is 21.2 Å². The highest BCUT2D eigenvalue weighted by Gasteiger charge is 2.30. The summed E-state index contributed by atoms with van der Waals surface area (Å²) in [6.45, 7) is 2.85. The topological polar surface area (TPSA) is 121 Å². The molecule has 36 heavy (non-hydrogen) atoms. The lowest BCUT2D eigenvalue weighted by Crippen LogP contribution is -2.37. The highest BCUT2D eigenvalue weighted by Crippen LogP contribution is 2.35. The lowest BCUT2D eigenvalue weighted by molar-refractivity contribution is -0.126. The van der Waals surface area contributed by atoms with Crippen LogP contribution in [0.1, 0.15) is 41.7 Å². The number of carbonyl (C=O) groups excluding carboxylic acids is 2. The van der Waals surface area contributed by atoms with Crippen molar-refractivity contribution in [3.8, 4) is 34.6 Å². The summed E-state index contributed by atoms with van der Waals surface area (Å²) < 4.78 is 8.87. The zero-order chi connectivity index (χ0) is 25.2. The minimum atomic E-state index is -0.628. The van der Waals surface area contributed by atoms with Gasteiger partial charge in [-0.15, -0.1) is 0 Å². The SMILES string of the molecule is CC#CC(=O)N1CCC(c2cnn3c(C(N)=O)c(-c4ccc(Oc5ccccc5)cc4)n(N)c23)CC1. The number of benzene rings is 2. The highest BCUT2D eigenvalue weighted by atomic mass is 16.5. The Hall–Kier alpha value is -4.71. The largest absolute Gasteiger partial charge is 0.457 e. The summed E-state index contributed by atoms with van der Waals surface area (Å²) in [7, 11) is 0. The van der Waals surface area contributed by atoms with E-state index in [0.717, 1.165) is 24.2 Å². The van der Waals surface area contributed by atoms with Crippen LogP contribution in [-0.4, -0.2) is 44.1 Å². The lowest BCUT2D eigenvalue weighted by atomic mass is 9.91. The average molecular weight is 483 g/mol. The highest BCUT2D eigenvalue weighted by molar-refractivity contribution is 5.99. The molecule has 0 aliphatic carbocycles. The van der Waals surface area contributed by atoms with Crippen molar-refractivity contribution in [1.29, 1.82) is 0 Å². The smallest absolute Gasteiger partial charge is 0.298 e. The molecule has 0 atom stereocenters. The van der Waals surface area contributed by atoms with Gasteiger partial charge in [-0.05, 0) is 68.0 Å². The molecule has 1 saturated heterocycles. The normalized spacial score (nSPS) is 13.9. The number of ether oxygens (including phenoxy) is 1. The fourth-order valence-electron chi connectivity index (χ4n) is 4.75. The number of para-hydroxylation sites is 1. The Balaban J connectivity index is 1.47. The van der Waals surface area contributed by atoms with Gasteiger partial charge in [-0.25, -0.2) is 9.19 Å². The predicted octanol–water partition coefficient (Wildman–Crippen LogP) is 3.14. The van der Waals surface area contributed by atoms with E-state index in [1.165, 1.54) is 9.19 Å². The number of hydrogen-bond donors (Lipinski definition) is 2. The first kappa shape index (κ1) is 23.1. The Kier molecular flexibility index (Phi) is 6.09. The minimum Gasteiger partial charge on any atom is -0.457 e. The number of carbonyl (C=O) groups is 2. The van der Waals surface area contributed by atoms with Crippen LogP contribution < -0.4 is 16.3 Å². The maximum atomic E-state index is 12.5. The zero-order valence-electron chi connectivity index (χ0n) is 19.8. The number of nitrogen functional groups attached to an aromatic ring is 1. The first-order valence-electron chi connectivity index (χ1n) is 11.7. The van der Waals surface area contributed by atoms with E-state index in [4.69, 9.17) is 16.3 Å². The molecule has 5 rings (SSSR count). The summed E-state index contributed by atoms with van der Waals surface area (Å²) in [5.74, 6) is 12.6. The van der Waals surface area contributed by atoms with E-state index in [2.05, 4.69) is 16.9 Å². The third-order valence-corrected chi connectivity index (χ3v) is 6.47. The molecule has 4 aromatic rings. The number of hydrogen-bond acceptors (Lipinski definition) is 5. The number of amides is 2. The Morgan fingerprint density at radius 3 is 2.33 bits per heavy atom. The molecular formula is C27H26N6O3. The molecule has 182 valence electrons. The predicted molar refractivity (Wildman–Crippen MR) is 136 cm³/mol. The van der Waals surface area contributed by atoms with E-state index >= 15 is 0 Å². The summed E-state index contributed by atoms with van der Waals surface area (Å²) in [4.78, 5) is 26.4. The maximum absolute atomic E-state index is 12.5. The fraction of sp³-hybridized carbons (Fsp3) is 0.222. The second-order valence-electron chi connectivity index (χ2n) is 8.65. The Morgan fingerprint density at radius 1 is 1.03 bits per heavy atom. The Labute approximate surface area is 208 Å². The summed E-state index contributed by atoms with van der Waals surface area (Å²) in [6.07, 6.45) is 3.23. The number of nitrogens with two attached hydrogens (primary N) is 2. The quantitative estimate of drug-likeness (QED) is 0.334. The van der Waals surface area contributed by atoms with E-state index in [0.29, 0.717) is 35.7 Å². The van der Waals surface area contributed by atoms with E-state index < -0.39 is 5.91 Å². The molecule has 0 saturated carbocycles. The maximum Gasteiger partial charge on any atom is 0.298 e. The summed E-state index contributed by atoms with van der Waals surface area (Å²) in [5, 5.41) is 4.47. The molecule has 1 aliphatic rings. The number of aromatic nitrogens is 3. The standard InChI is InChI=1S/C27H26N6O3/c1-2-6-23(34)31-15-13-18(14-16-31)22-17-30-33-25(26(28)35)24(32(29)27(22)33)19-9-11-21(12-10-19)36-20-7-4-3-5-8-20/h3-5,7-12,17-18H,13-16,29H2,1H3,(H2,28,35). The molecule has 3 heterocycles. The van der Waals surface area contributed by atoms with Gasteiger partial charge in [0, 0.05) is 24.2 Å². The van der Waals surface area contributed by atoms with Crippen LogP contribution in [0.3, 0.4) is 0 Å². The van der Waals surface area contributed by atoms with Crippen LogP contribution in [-0.2, 0) is 4.79 Å². The fourth-order valence-corrected chi connectivity index (χ4v) is 4.75. The molecule has 0 unspecified atom stereocenters. The number of rotatable bonds is 5. The van der Waals surface area contributed by atoms with E-state index in [-0.39, 0.29) is 17.5 Å². The van der Waals surface area contributed by atoms with Crippen molar-refractivity contribution in [1.82, 2.24) is 19.2 Å². The van der Waals surface area contributed by atoms with Gasteiger partial charge in [0.05, 0.1) is 6.20 Å². The van der Waals surface area contributed by atoms with Crippen LogP contribution in [0.5, 0.6) is 11.5 Å². The number of fused-ring (bicyclic) bond motifs is 1. The summed E-state index contributed by atoms with van der Waals surface area (Å²) in [5.41, 5.74) is 8.71. The molecule has 1 aliphatic heterocycles. The van der Waals surface area contributed by atoms with Crippen molar-refractivity contribution in [3.63, 3.8) is 0 Å². The van der Waals surface area contributed by atoms with E-state index in [9.17, 15) is 9.59 Å². The van der Waals surface area contributed by atoms with Crippen molar-refractivity contribution in [2.75, 3.05) is 18.9 Å². The second-order valence-corrected chi connectivity index (χ2v) is 8.65. The number of primary amides is 1. The third-order valence-electron chi connectivity index (χ3n) is 6.47. The molecule has 0 bridgehead atoms. The molecule has 9 heteroatoms. The monoisotopic (exact) mass is 482 g/mol. The van der Waals surface area contributed by atoms with Crippen LogP contribution in [0, 0.1) is 11.8 Å². The number of imidazole rings is 1. The number of piperidine rings is 1. The van der Waals surface area contributed by atoms with Gasteiger partial charge in [0.1, 0.15) is 17.2 Å². The van der Waals surface area contributed by atoms with Crippen LogP contribution >= 0.6 is 0 Å². The van der Waals surface area contributed by atoms with Crippen LogP contribution in [0.2, 0.25) is 0 Å². The Morgan fingerprint density at radius 2 is 1.69 bits per heavy atom. The van der Waals surface area contributed by atoms with Gasteiger partial charge in [0.25, 0.3) is 11.8 Å². The van der Waals surface area contributed by atoms with Gasteiger partial charge in [-0.1, -0.05) is 24.1 Å². The first-order valence-corrected chi connectivity index (χ1v) is 11.7. The second kappa shape index (κ2) is 9.50. The molecule has 2 aromatic heterocycles. The summed E-state index contributed by atoms with van der Waals surface area (Å²) >= 11 is 0. The summed E-state index contributed by atoms with van der Waals surface area (Å²) in [6, 6.07) is 16.8. The van der Waals surface area contributed by atoms with Gasteiger partial charge in [0.15, 0.2) is 11.3 Å². The molecule has 2 aromatic carbocycles. The van der Waals surface area contributed by atoms with Gasteiger partial charge in [-0.3, -0.25) is 9.59 Å². The molecule has 4 N–H and O–H groups in total. The molecule has 0 spiro atoms. The van der Waals surface area contributed by atoms with Crippen molar-refractivity contribution >= 4 is 17.5 Å². The van der Waals surface area contributed by atoms with Crippen molar-refractivity contribution in [2.24, 2.45) is 5.73 Å². The number of nitrogens with zero attached hydrogens (tertiary/aromatic N) is 4. The Bertz CT molecular complexity index is 1480. The van der Waals surface area contributed by atoms with Crippen molar-refractivity contribution in [3.05, 3.63) is 72.1 Å². The molecule has 0 radical (unpaired) electrons.